The monoisotopic (exact) mass is 292 g/mol. The van der Waals surface area contributed by atoms with E-state index in [4.69, 9.17) is 4.74 Å². The van der Waals surface area contributed by atoms with Crippen molar-refractivity contribution in [1.29, 1.82) is 0 Å². The van der Waals surface area contributed by atoms with Gasteiger partial charge in [-0.1, -0.05) is 37.1 Å². The van der Waals surface area contributed by atoms with Crippen LogP contribution in [0.4, 0.5) is 4.79 Å². The van der Waals surface area contributed by atoms with E-state index in [1.807, 2.05) is 24.3 Å². The Morgan fingerprint density at radius 1 is 1.33 bits per heavy atom. The van der Waals surface area contributed by atoms with E-state index < -0.39 is 6.10 Å². The van der Waals surface area contributed by atoms with Gasteiger partial charge in [-0.25, -0.2) is 4.79 Å². The van der Waals surface area contributed by atoms with Crippen LogP contribution < -0.4 is 10.6 Å². The van der Waals surface area contributed by atoms with Gasteiger partial charge in [-0.15, -0.1) is 0 Å². The molecule has 0 bridgehead atoms. The van der Waals surface area contributed by atoms with E-state index >= 15 is 0 Å². The van der Waals surface area contributed by atoms with E-state index in [1.54, 1.807) is 7.11 Å². The van der Waals surface area contributed by atoms with E-state index in [2.05, 4.69) is 10.6 Å². The van der Waals surface area contributed by atoms with Crippen LogP contribution in [0.3, 0.4) is 0 Å². The lowest BCUT2D eigenvalue weighted by Gasteiger charge is -2.28. The number of methoxy groups -OCH3 is 1. The first-order valence-corrected chi connectivity index (χ1v) is 7.48. The highest BCUT2D eigenvalue weighted by molar-refractivity contribution is 5.74. The zero-order chi connectivity index (χ0) is 15.1. The first-order valence-electron chi connectivity index (χ1n) is 7.48. The summed E-state index contributed by atoms with van der Waals surface area (Å²) in [5.41, 5.74) is 2.11. The molecule has 0 saturated heterocycles. The van der Waals surface area contributed by atoms with Crippen LogP contribution in [-0.2, 0) is 17.9 Å². The number of carbonyl (C=O) groups excluding carboxylic acids is 1. The third-order valence-corrected chi connectivity index (χ3v) is 3.80. The zero-order valence-electron chi connectivity index (χ0n) is 12.5. The topological polar surface area (TPSA) is 70.6 Å². The van der Waals surface area contributed by atoms with E-state index in [0.717, 1.165) is 36.8 Å². The number of aliphatic hydroxyl groups excluding tert-OH is 1. The molecule has 5 heteroatoms. The molecule has 1 aliphatic rings. The van der Waals surface area contributed by atoms with Crippen molar-refractivity contribution in [3.05, 3.63) is 35.4 Å². The third kappa shape index (κ3) is 5.02. The number of rotatable bonds is 5. The van der Waals surface area contributed by atoms with Crippen molar-refractivity contribution >= 4 is 6.03 Å². The average Bonchev–Trinajstić information content (AvgIpc) is 2.48. The average molecular weight is 292 g/mol. The molecule has 1 aromatic rings. The van der Waals surface area contributed by atoms with Gasteiger partial charge >= 0.3 is 6.03 Å². The molecule has 0 aliphatic heterocycles. The summed E-state index contributed by atoms with van der Waals surface area (Å²) in [6, 6.07) is 7.57. The maximum atomic E-state index is 11.9. The van der Waals surface area contributed by atoms with Crippen molar-refractivity contribution in [2.45, 2.75) is 51.0 Å². The van der Waals surface area contributed by atoms with Crippen LogP contribution in [0.2, 0.25) is 0 Å². The lowest BCUT2D eigenvalue weighted by atomic mass is 9.93. The van der Waals surface area contributed by atoms with Crippen molar-refractivity contribution in [3.63, 3.8) is 0 Å². The summed E-state index contributed by atoms with van der Waals surface area (Å²) in [6.07, 6.45) is 3.28. The molecule has 0 heterocycles. The van der Waals surface area contributed by atoms with Crippen LogP contribution in [0.25, 0.3) is 0 Å². The van der Waals surface area contributed by atoms with Gasteiger partial charge < -0.3 is 20.5 Å². The summed E-state index contributed by atoms with van der Waals surface area (Å²) in [7, 11) is 1.66. The van der Waals surface area contributed by atoms with Crippen LogP contribution in [-0.4, -0.2) is 30.4 Å². The van der Waals surface area contributed by atoms with Crippen LogP contribution in [0.15, 0.2) is 24.3 Å². The van der Waals surface area contributed by atoms with E-state index in [9.17, 15) is 9.90 Å². The van der Waals surface area contributed by atoms with Gasteiger partial charge in [0, 0.05) is 13.7 Å². The standard InChI is InChI=1S/C16H24N2O3/c1-21-11-13-6-4-5-12(9-13)10-17-16(20)18-14-7-2-3-8-15(14)19/h4-6,9,14-15,19H,2-3,7-8,10-11H2,1H3,(H2,17,18,20). The molecule has 1 saturated carbocycles. The fourth-order valence-corrected chi connectivity index (χ4v) is 2.68. The highest BCUT2D eigenvalue weighted by Gasteiger charge is 2.24. The molecule has 1 aromatic carbocycles. The molecule has 2 amide bonds. The largest absolute Gasteiger partial charge is 0.391 e. The maximum Gasteiger partial charge on any atom is 0.315 e. The van der Waals surface area contributed by atoms with Crippen molar-refractivity contribution in [1.82, 2.24) is 10.6 Å². The number of ether oxygens (including phenoxy) is 1. The van der Waals surface area contributed by atoms with Gasteiger partial charge in [0.2, 0.25) is 0 Å². The quantitative estimate of drug-likeness (QED) is 0.776. The Labute approximate surface area is 125 Å². The number of nitrogens with one attached hydrogen (secondary N) is 2. The van der Waals surface area contributed by atoms with E-state index in [0.29, 0.717) is 13.2 Å². The first-order chi connectivity index (χ1) is 10.2. The molecular weight excluding hydrogens is 268 g/mol. The molecule has 21 heavy (non-hydrogen) atoms. The molecular formula is C16H24N2O3. The second kappa shape index (κ2) is 8.00. The smallest absolute Gasteiger partial charge is 0.315 e. The van der Waals surface area contributed by atoms with Gasteiger partial charge in [-0.2, -0.15) is 0 Å². The molecule has 2 unspecified atom stereocenters. The molecule has 0 aromatic heterocycles. The van der Waals surface area contributed by atoms with Gasteiger partial charge in [-0.05, 0) is 24.0 Å². The number of amides is 2. The number of urea groups is 1. The van der Waals surface area contributed by atoms with Gasteiger partial charge in [0.1, 0.15) is 0 Å². The normalized spacial score (nSPS) is 21.8. The number of hydrogen-bond donors (Lipinski definition) is 3. The first kappa shape index (κ1) is 15.8. The summed E-state index contributed by atoms with van der Waals surface area (Å²) in [4.78, 5) is 11.9. The fourth-order valence-electron chi connectivity index (χ4n) is 2.68. The summed E-state index contributed by atoms with van der Waals surface area (Å²) >= 11 is 0. The Morgan fingerprint density at radius 3 is 2.86 bits per heavy atom. The van der Waals surface area contributed by atoms with E-state index in [1.165, 1.54) is 0 Å². The van der Waals surface area contributed by atoms with Gasteiger partial charge in [0.15, 0.2) is 0 Å². The Kier molecular flexibility index (Phi) is 6.02. The predicted molar refractivity (Wildman–Crippen MR) is 80.8 cm³/mol. The molecule has 1 fully saturated rings. The van der Waals surface area contributed by atoms with Gasteiger partial charge in [-0.3, -0.25) is 0 Å². The molecule has 5 nitrogen and oxygen atoms in total. The Bertz CT molecular complexity index is 465. The molecule has 0 spiro atoms. The van der Waals surface area contributed by atoms with Crippen molar-refractivity contribution in [2.24, 2.45) is 0 Å². The van der Waals surface area contributed by atoms with Gasteiger partial charge in [0.25, 0.3) is 0 Å². The van der Waals surface area contributed by atoms with Crippen LogP contribution in [0.5, 0.6) is 0 Å². The minimum absolute atomic E-state index is 0.126. The molecule has 2 atom stereocenters. The van der Waals surface area contributed by atoms with Crippen LogP contribution in [0.1, 0.15) is 36.8 Å². The van der Waals surface area contributed by atoms with Crippen molar-refractivity contribution < 1.29 is 14.6 Å². The Balaban J connectivity index is 1.79. The SMILES string of the molecule is COCc1cccc(CNC(=O)NC2CCCCC2O)c1. The molecule has 116 valence electrons. The number of benzene rings is 1. The highest BCUT2D eigenvalue weighted by atomic mass is 16.5. The predicted octanol–water partition coefficient (Wildman–Crippen LogP) is 1.94. The summed E-state index contributed by atoms with van der Waals surface area (Å²) in [6.45, 7) is 1.03. The van der Waals surface area contributed by atoms with Crippen molar-refractivity contribution in [3.8, 4) is 0 Å². The molecule has 3 N–H and O–H groups in total. The second-order valence-corrected chi connectivity index (χ2v) is 5.54. The lowest BCUT2D eigenvalue weighted by molar-refractivity contribution is 0.0943. The Morgan fingerprint density at radius 2 is 2.10 bits per heavy atom. The van der Waals surface area contributed by atoms with Gasteiger partial charge in [0.05, 0.1) is 18.8 Å². The number of hydrogen-bond acceptors (Lipinski definition) is 3. The zero-order valence-corrected chi connectivity index (χ0v) is 12.5. The summed E-state index contributed by atoms with van der Waals surface area (Å²) in [5.74, 6) is 0. The van der Waals surface area contributed by atoms with Crippen molar-refractivity contribution in [2.75, 3.05) is 7.11 Å². The summed E-state index contributed by atoms with van der Waals surface area (Å²) < 4.78 is 5.09. The van der Waals surface area contributed by atoms with E-state index in [-0.39, 0.29) is 12.1 Å². The highest BCUT2D eigenvalue weighted by Crippen LogP contribution is 2.18. The third-order valence-electron chi connectivity index (χ3n) is 3.80. The lowest BCUT2D eigenvalue weighted by Crippen LogP contribution is -2.48. The van der Waals surface area contributed by atoms with Crippen LogP contribution >= 0.6 is 0 Å². The number of carbonyl (C=O) groups is 1. The maximum absolute atomic E-state index is 11.9. The number of aliphatic hydroxyl groups is 1. The fraction of sp³-hybridized carbons (Fsp3) is 0.562. The summed E-state index contributed by atoms with van der Waals surface area (Å²) in [5, 5.41) is 15.5. The molecule has 1 aliphatic carbocycles. The van der Waals surface area contributed by atoms with Crippen LogP contribution in [0, 0.1) is 0 Å². The Hall–Kier alpha value is -1.59. The molecule has 0 radical (unpaired) electrons. The molecule has 2 rings (SSSR count). The minimum Gasteiger partial charge on any atom is -0.391 e. The second-order valence-electron chi connectivity index (χ2n) is 5.54. The minimum atomic E-state index is -0.422.